The van der Waals surface area contributed by atoms with Crippen molar-refractivity contribution in [1.29, 1.82) is 0 Å². The molecule has 0 aromatic rings. The lowest BCUT2D eigenvalue weighted by Gasteiger charge is -2.00. The zero-order valence-electron chi connectivity index (χ0n) is 8.37. The minimum absolute atomic E-state index is 0.375. The summed E-state index contributed by atoms with van der Waals surface area (Å²) in [5.74, 6) is 0. The molecule has 3 nitrogen and oxygen atoms in total. The number of hydrogen-bond acceptors (Lipinski definition) is 3. The number of hydrogen-bond donors (Lipinski definition) is 1. The van der Waals surface area contributed by atoms with Crippen molar-refractivity contribution in [3.05, 3.63) is 23.9 Å². The van der Waals surface area contributed by atoms with Gasteiger partial charge in [-0.2, -0.15) is 5.10 Å². The second-order valence-electron chi connectivity index (χ2n) is 2.57. The number of nitrogens with one attached hydrogen (secondary N) is 1. The Morgan fingerprint density at radius 3 is 2.62 bits per heavy atom. The first-order valence-electron chi connectivity index (χ1n) is 4.26. The Labute approximate surface area is 79.2 Å². The van der Waals surface area contributed by atoms with Crippen molar-refractivity contribution >= 4 is 12.0 Å². The Bertz CT molecular complexity index is 239. The van der Waals surface area contributed by atoms with E-state index in [0.717, 1.165) is 17.7 Å². The van der Waals surface area contributed by atoms with Crippen LogP contribution in [0.5, 0.6) is 0 Å². The van der Waals surface area contributed by atoms with Gasteiger partial charge in [0.2, 0.25) is 0 Å². The lowest BCUT2D eigenvalue weighted by atomic mass is 10.3. The number of hydrazone groups is 1. The Hall–Kier alpha value is -1.38. The van der Waals surface area contributed by atoms with E-state index in [1.165, 1.54) is 0 Å². The Kier molecular flexibility index (Phi) is 6.51. The van der Waals surface area contributed by atoms with E-state index in [2.05, 4.69) is 10.5 Å². The van der Waals surface area contributed by atoms with Crippen LogP contribution in [0, 0.1) is 0 Å². The van der Waals surface area contributed by atoms with Crippen molar-refractivity contribution in [3.8, 4) is 0 Å². The predicted octanol–water partition coefficient (Wildman–Crippen LogP) is 2.02. The van der Waals surface area contributed by atoms with Crippen LogP contribution < -0.4 is 5.43 Å². The third-order valence-electron chi connectivity index (χ3n) is 1.41. The SMILES string of the molecule is C/C=C\C(=C/C)N/N=C(/C)CC=O. The fourth-order valence-corrected chi connectivity index (χ4v) is 0.704. The van der Waals surface area contributed by atoms with E-state index in [4.69, 9.17) is 0 Å². The molecule has 3 heteroatoms. The molecule has 1 N–H and O–H groups in total. The molecule has 0 heterocycles. The quantitative estimate of drug-likeness (QED) is 0.304. The van der Waals surface area contributed by atoms with Gasteiger partial charge in [-0.3, -0.25) is 5.43 Å². The van der Waals surface area contributed by atoms with Crippen LogP contribution >= 0.6 is 0 Å². The first-order chi connectivity index (χ1) is 6.24. The van der Waals surface area contributed by atoms with Crippen molar-refractivity contribution in [2.45, 2.75) is 27.2 Å². The lowest BCUT2D eigenvalue weighted by Crippen LogP contribution is -2.07. The maximum Gasteiger partial charge on any atom is 0.125 e. The standard InChI is InChI=1S/C10H16N2O/c1-4-6-10(5-2)12-11-9(3)7-8-13/h4-6,8,12H,7H2,1-3H3/b6-4-,10-5+,11-9-. The van der Waals surface area contributed by atoms with E-state index in [1.807, 2.05) is 39.0 Å². The topological polar surface area (TPSA) is 41.5 Å². The first kappa shape index (κ1) is 11.6. The number of nitrogens with zero attached hydrogens (tertiary/aromatic N) is 1. The summed E-state index contributed by atoms with van der Waals surface area (Å²) in [5.41, 5.74) is 4.56. The lowest BCUT2D eigenvalue weighted by molar-refractivity contribution is -0.106. The summed E-state index contributed by atoms with van der Waals surface area (Å²) in [7, 11) is 0. The number of allylic oxidation sites excluding steroid dienone is 3. The summed E-state index contributed by atoms with van der Waals surface area (Å²) in [6.07, 6.45) is 6.97. The zero-order chi connectivity index (χ0) is 10.1. The third kappa shape index (κ3) is 5.84. The van der Waals surface area contributed by atoms with Gasteiger partial charge in [0.1, 0.15) is 6.29 Å². The second kappa shape index (κ2) is 7.28. The highest BCUT2D eigenvalue weighted by Crippen LogP contribution is 1.92. The van der Waals surface area contributed by atoms with Crippen molar-refractivity contribution in [2.24, 2.45) is 5.10 Å². The molecule has 0 aromatic heterocycles. The van der Waals surface area contributed by atoms with Gasteiger partial charge in [0.25, 0.3) is 0 Å². The van der Waals surface area contributed by atoms with Crippen LogP contribution in [0.15, 0.2) is 29.0 Å². The molecule has 0 saturated heterocycles. The Morgan fingerprint density at radius 2 is 2.15 bits per heavy atom. The average Bonchev–Trinajstić information content (AvgIpc) is 2.12. The smallest absolute Gasteiger partial charge is 0.125 e. The van der Waals surface area contributed by atoms with Crippen molar-refractivity contribution in [2.75, 3.05) is 0 Å². The minimum Gasteiger partial charge on any atom is -0.303 e. The number of rotatable bonds is 5. The molecule has 0 amide bonds. The van der Waals surface area contributed by atoms with E-state index in [0.29, 0.717) is 6.42 Å². The normalized spacial score (nSPS) is 13.5. The molecule has 0 saturated carbocycles. The van der Waals surface area contributed by atoms with Crippen molar-refractivity contribution in [1.82, 2.24) is 5.43 Å². The Morgan fingerprint density at radius 1 is 1.46 bits per heavy atom. The maximum absolute atomic E-state index is 10.1. The highest BCUT2D eigenvalue weighted by molar-refractivity contribution is 5.92. The van der Waals surface area contributed by atoms with Crippen LogP contribution in [0.4, 0.5) is 0 Å². The number of carbonyl (C=O) groups is 1. The molecular weight excluding hydrogens is 164 g/mol. The highest BCUT2D eigenvalue weighted by atomic mass is 16.1. The Balaban J connectivity index is 4.11. The molecule has 0 rings (SSSR count). The van der Waals surface area contributed by atoms with E-state index >= 15 is 0 Å². The van der Waals surface area contributed by atoms with Crippen LogP contribution in [0.1, 0.15) is 27.2 Å². The average molecular weight is 180 g/mol. The van der Waals surface area contributed by atoms with E-state index in [1.54, 1.807) is 0 Å². The summed E-state index contributed by atoms with van der Waals surface area (Å²) >= 11 is 0. The van der Waals surface area contributed by atoms with Gasteiger partial charge < -0.3 is 4.79 Å². The van der Waals surface area contributed by atoms with Crippen LogP contribution in [-0.2, 0) is 4.79 Å². The molecule has 0 spiro atoms. The maximum atomic E-state index is 10.1. The molecule has 0 aliphatic rings. The molecular formula is C10H16N2O. The molecule has 0 radical (unpaired) electrons. The van der Waals surface area contributed by atoms with Gasteiger partial charge in [-0.05, 0) is 26.8 Å². The van der Waals surface area contributed by atoms with Gasteiger partial charge in [-0.25, -0.2) is 0 Å². The van der Waals surface area contributed by atoms with E-state index < -0.39 is 0 Å². The van der Waals surface area contributed by atoms with Gasteiger partial charge in [0, 0.05) is 12.1 Å². The van der Waals surface area contributed by atoms with Gasteiger partial charge in [0.15, 0.2) is 0 Å². The number of carbonyl (C=O) groups excluding carboxylic acids is 1. The second-order valence-corrected chi connectivity index (χ2v) is 2.57. The van der Waals surface area contributed by atoms with E-state index in [-0.39, 0.29) is 0 Å². The molecule has 0 aromatic carbocycles. The van der Waals surface area contributed by atoms with Crippen LogP contribution in [-0.4, -0.2) is 12.0 Å². The van der Waals surface area contributed by atoms with Gasteiger partial charge in [0.05, 0.1) is 5.70 Å². The summed E-state index contributed by atoms with van der Waals surface area (Å²) in [6, 6.07) is 0. The molecule has 0 aliphatic heterocycles. The molecule has 0 fully saturated rings. The predicted molar refractivity (Wildman–Crippen MR) is 55.5 cm³/mol. The molecule has 0 aliphatic carbocycles. The summed E-state index contributed by atoms with van der Waals surface area (Å²) in [4.78, 5) is 10.1. The largest absolute Gasteiger partial charge is 0.303 e. The summed E-state index contributed by atoms with van der Waals surface area (Å²) in [6.45, 7) is 5.67. The molecule has 72 valence electrons. The van der Waals surface area contributed by atoms with Gasteiger partial charge in [-0.1, -0.05) is 12.2 Å². The van der Waals surface area contributed by atoms with Crippen molar-refractivity contribution in [3.63, 3.8) is 0 Å². The number of aldehydes is 1. The molecule has 0 unspecified atom stereocenters. The molecule has 0 bridgehead atoms. The highest BCUT2D eigenvalue weighted by Gasteiger charge is 1.89. The van der Waals surface area contributed by atoms with Gasteiger partial charge in [-0.15, -0.1) is 0 Å². The van der Waals surface area contributed by atoms with Gasteiger partial charge >= 0.3 is 0 Å². The fourth-order valence-electron chi connectivity index (χ4n) is 0.704. The van der Waals surface area contributed by atoms with Crippen LogP contribution in [0.25, 0.3) is 0 Å². The zero-order valence-corrected chi connectivity index (χ0v) is 8.37. The summed E-state index contributed by atoms with van der Waals surface area (Å²) < 4.78 is 0. The molecule has 13 heavy (non-hydrogen) atoms. The summed E-state index contributed by atoms with van der Waals surface area (Å²) in [5, 5.41) is 4.02. The minimum atomic E-state index is 0.375. The third-order valence-corrected chi connectivity index (χ3v) is 1.41. The fraction of sp³-hybridized carbons (Fsp3) is 0.400. The van der Waals surface area contributed by atoms with E-state index in [9.17, 15) is 4.79 Å². The van der Waals surface area contributed by atoms with Crippen molar-refractivity contribution < 1.29 is 4.79 Å². The molecule has 0 atom stereocenters. The monoisotopic (exact) mass is 180 g/mol. The first-order valence-corrected chi connectivity index (χ1v) is 4.26. The van der Waals surface area contributed by atoms with Crippen LogP contribution in [0.2, 0.25) is 0 Å². The van der Waals surface area contributed by atoms with Crippen LogP contribution in [0.3, 0.4) is 0 Å².